The Bertz CT molecular complexity index is 422. The maximum absolute atomic E-state index is 13.7. The maximum Gasteiger partial charge on any atom is 0.200 e. The molecule has 0 amide bonds. The Hall–Kier alpha value is -0.953. The van der Waals surface area contributed by atoms with E-state index >= 15 is 0 Å². The summed E-state index contributed by atoms with van der Waals surface area (Å²) in [5.41, 5.74) is -2.34. The highest BCUT2D eigenvalue weighted by Gasteiger charge is 2.38. The van der Waals surface area contributed by atoms with Crippen molar-refractivity contribution in [3.8, 4) is 0 Å². The van der Waals surface area contributed by atoms with Gasteiger partial charge in [-0.3, -0.25) is 0 Å². The molecule has 0 saturated carbocycles. The molecule has 0 atom stereocenters. The van der Waals surface area contributed by atoms with Crippen LogP contribution in [0, 0.1) is 29.1 Å². The van der Waals surface area contributed by atoms with Gasteiger partial charge < -0.3 is 4.43 Å². The number of benzene rings is 1. The Morgan fingerprint density at radius 2 is 1.17 bits per heavy atom. The van der Waals surface area contributed by atoms with Crippen molar-refractivity contribution in [1.29, 1.82) is 0 Å². The third-order valence-corrected chi connectivity index (χ3v) is 3.98. The molecule has 0 unspecified atom stereocenters. The number of hydrogen-bond acceptors (Lipinski definition) is 1. The van der Waals surface area contributed by atoms with Crippen LogP contribution in [-0.4, -0.2) is 10.5 Å². The lowest BCUT2D eigenvalue weighted by molar-refractivity contribution is 0.0575. The highest BCUT2D eigenvalue weighted by Crippen LogP contribution is 2.38. The van der Waals surface area contributed by atoms with E-state index in [4.69, 9.17) is 4.43 Å². The average Bonchev–Trinajstić information content (AvgIpc) is 2.39. The monoisotopic (exact) mass is 284 g/mol. The molecule has 1 rings (SSSR count). The van der Waals surface area contributed by atoms with Gasteiger partial charge in [-0.25, -0.2) is 22.0 Å². The third-order valence-electron chi connectivity index (χ3n) is 3.20. The zero-order chi connectivity index (χ0) is 14.1. The molecule has 0 radical (unpaired) electrons. The van der Waals surface area contributed by atoms with Crippen LogP contribution in [0.3, 0.4) is 0 Å². The lowest BCUT2D eigenvalue weighted by Gasteiger charge is -2.32. The smallest absolute Gasteiger partial charge is 0.200 e. The number of rotatable bonds is 4. The summed E-state index contributed by atoms with van der Waals surface area (Å²) in [5.74, 6) is -9.65. The molecular weight excluding hydrogens is 271 g/mol. The molecule has 0 bridgehead atoms. The van der Waals surface area contributed by atoms with E-state index in [2.05, 4.69) is 0 Å². The average molecular weight is 284 g/mol. The molecule has 1 aromatic rings. The van der Waals surface area contributed by atoms with E-state index in [-0.39, 0.29) is 23.3 Å². The van der Waals surface area contributed by atoms with Gasteiger partial charge in [0.15, 0.2) is 23.3 Å². The van der Waals surface area contributed by atoms with Gasteiger partial charge >= 0.3 is 0 Å². The van der Waals surface area contributed by atoms with Crippen LogP contribution in [0.5, 0.6) is 0 Å². The van der Waals surface area contributed by atoms with Crippen molar-refractivity contribution in [3.63, 3.8) is 0 Å². The molecule has 0 heterocycles. The maximum atomic E-state index is 13.7. The number of halogens is 5. The summed E-state index contributed by atoms with van der Waals surface area (Å²) >= 11 is 0. The van der Waals surface area contributed by atoms with Gasteiger partial charge in [0.05, 0.1) is 11.2 Å². The summed E-state index contributed by atoms with van der Waals surface area (Å²) in [5, 5.41) is 0. The van der Waals surface area contributed by atoms with Crippen molar-refractivity contribution in [3.05, 3.63) is 34.6 Å². The largest absolute Gasteiger partial charge is 0.418 e. The minimum absolute atomic E-state index is 0.116. The molecule has 0 N–H and O–H groups in total. The zero-order valence-electron chi connectivity index (χ0n) is 10.2. The SMILES string of the molecule is CCC(CC)(O[SiH3])c1c(F)c(F)c(F)c(F)c1F. The Morgan fingerprint density at radius 3 is 1.44 bits per heavy atom. The van der Waals surface area contributed by atoms with Crippen LogP contribution in [0.15, 0.2) is 0 Å². The van der Waals surface area contributed by atoms with Gasteiger partial charge in [-0.1, -0.05) is 13.8 Å². The van der Waals surface area contributed by atoms with Crippen molar-refractivity contribution >= 4 is 10.5 Å². The Morgan fingerprint density at radius 1 is 0.833 bits per heavy atom. The summed E-state index contributed by atoms with van der Waals surface area (Å²) < 4.78 is 71.7. The van der Waals surface area contributed by atoms with Gasteiger partial charge in [-0.15, -0.1) is 0 Å². The van der Waals surface area contributed by atoms with Gasteiger partial charge in [0.1, 0.15) is 10.5 Å². The Labute approximate surface area is 104 Å². The molecule has 0 aliphatic carbocycles. The van der Waals surface area contributed by atoms with Crippen LogP contribution < -0.4 is 0 Å². The third kappa shape index (κ3) is 2.05. The van der Waals surface area contributed by atoms with Gasteiger partial charge in [0, 0.05) is 0 Å². The van der Waals surface area contributed by atoms with Gasteiger partial charge in [-0.2, -0.15) is 0 Å². The standard InChI is InChI=1S/C11H13F5OSi/c1-3-11(4-2,17-18)5-6(12)8(14)10(16)9(15)7(5)13/h3-4H2,1-2,18H3. The molecule has 7 heteroatoms. The number of hydrogen-bond donors (Lipinski definition) is 0. The fraction of sp³-hybridized carbons (Fsp3) is 0.455. The predicted molar refractivity (Wildman–Crippen MR) is 59.5 cm³/mol. The summed E-state index contributed by atoms with van der Waals surface area (Å²) in [6.07, 6.45) is 0.233. The Kier molecular flexibility index (Phi) is 4.49. The predicted octanol–water partition coefficient (Wildman–Crippen LogP) is 2.69. The summed E-state index contributed by atoms with van der Waals surface area (Å²) in [6, 6.07) is 0. The molecule has 0 fully saturated rings. The van der Waals surface area contributed by atoms with Crippen LogP contribution in [0.4, 0.5) is 22.0 Å². The van der Waals surface area contributed by atoms with Crippen molar-refractivity contribution in [1.82, 2.24) is 0 Å². The lowest BCUT2D eigenvalue weighted by atomic mass is 9.87. The first kappa shape index (κ1) is 15.1. The summed E-state index contributed by atoms with van der Waals surface area (Å²) in [4.78, 5) is 0. The lowest BCUT2D eigenvalue weighted by Crippen LogP contribution is -2.31. The zero-order valence-corrected chi connectivity index (χ0v) is 12.2. The second-order valence-corrected chi connectivity index (χ2v) is 4.26. The van der Waals surface area contributed by atoms with E-state index in [1.54, 1.807) is 13.8 Å². The van der Waals surface area contributed by atoms with E-state index < -0.39 is 40.3 Å². The van der Waals surface area contributed by atoms with Crippen LogP contribution in [-0.2, 0) is 10.0 Å². The van der Waals surface area contributed by atoms with Crippen LogP contribution in [0.1, 0.15) is 32.3 Å². The second kappa shape index (κ2) is 5.36. The Balaban J connectivity index is 3.69. The fourth-order valence-corrected chi connectivity index (χ4v) is 2.78. The quantitative estimate of drug-likeness (QED) is 0.357. The molecule has 18 heavy (non-hydrogen) atoms. The van der Waals surface area contributed by atoms with Gasteiger partial charge in [0.25, 0.3) is 0 Å². The molecule has 0 saturated heterocycles. The second-order valence-electron chi connectivity index (χ2n) is 3.85. The van der Waals surface area contributed by atoms with Crippen molar-refractivity contribution in [2.24, 2.45) is 0 Å². The van der Waals surface area contributed by atoms with E-state index in [0.717, 1.165) is 0 Å². The molecule has 0 aliphatic rings. The van der Waals surface area contributed by atoms with Crippen molar-refractivity contribution in [2.75, 3.05) is 0 Å². The first-order valence-corrected chi connectivity index (χ1v) is 6.25. The molecule has 0 aromatic heterocycles. The molecule has 0 spiro atoms. The molecule has 0 aliphatic heterocycles. The van der Waals surface area contributed by atoms with E-state index in [9.17, 15) is 22.0 Å². The highest BCUT2D eigenvalue weighted by molar-refractivity contribution is 5.98. The topological polar surface area (TPSA) is 9.23 Å². The van der Waals surface area contributed by atoms with Crippen molar-refractivity contribution < 1.29 is 26.4 Å². The highest BCUT2D eigenvalue weighted by atomic mass is 28.2. The fourth-order valence-electron chi connectivity index (χ4n) is 2.00. The van der Waals surface area contributed by atoms with Crippen LogP contribution in [0.2, 0.25) is 0 Å². The molecule has 102 valence electrons. The molecule has 1 nitrogen and oxygen atoms in total. The minimum atomic E-state index is -2.15. The van der Waals surface area contributed by atoms with E-state index in [1.165, 1.54) is 0 Å². The molecule has 1 aromatic carbocycles. The van der Waals surface area contributed by atoms with E-state index in [1.807, 2.05) is 0 Å². The minimum Gasteiger partial charge on any atom is -0.418 e. The van der Waals surface area contributed by atoms with Gasteiger partial charge in [0.2, 0.25) is 5.82 Å². The molecular formula is C11H13F5OSi. The van der Waals surface area contributed by atoms with Gasteiger partial charge in [-0.05, 0) is 12.8 Å². The first-order valence-electron chi connectivity index (χ1n) is 5.43. The van der Waals surface area contributed by atoms with Crippen LogP contribution in [0.25, 0.3) is 0 Å². The van der Waals surface area contributed by atoms with Crippen LogP contribution >= 0.6 is 0 Å². The summed E-state index contributed by atoms with van der Waals surface area (Å²) in [6.45, 7) is 3.14. The van der Waals surface area contributed by atoms with Crippen molar-refractivity contribution in [2.45, 2.75) is 32.3 Å². The normalized spacial score (nSPS) is 12.2. The first-order chi connectivity index (χ1) is 8.36. The summed E-state index contributed by atoms with van der Waals surface area (Å²) in [7, 11) is 0.118. The van der Waals surface area contributed by atoms with E-state index in [0.29, 0.717) is 0 Å².